The highest BCUT2D eigenvalue weighted by atomic mass is 35.5. The molecule has 1 aromatic heterocycles. The Kier molecular flexibility index (Phi) is 3.58. The first-order valence-electron chi connectivity index (χ1n) is 6.55. The fourth-order valence-electron chi connectivity index (χ4n) is 2.38. The second-order valence-electron chi connectivity index (χ2n) is 4.66. The molecule has 1 saturated carbocycles. The van der Waals surface area contributed by atoms with Crippen molar-refractivity contribution in [1.29, 1.82) is 0 Å². The number of nitrogens with zero attached hydrogens (tertiary/aromatic N) is 1. The number of benzene rings is 1. The van der Waals surface area contributed by atoms with E-state index in [0.29, 0.717) is 6.61 Å². The average Bonchev–Trinajstić information content (AvgIpc) is 2.45. The maximum Gasteiger partial charge on any atom is 0.146 e. The molecule has 1 aromatic carbocycles. The second-order valence-corrected chi connectivity index (χ2v) is 5.22. The maximum atomic E-state index is 6.15. The Bertz CT molecular complexity index is 570. The monoisotopic (exact) mass is 277 g/mol. The number of hydrogen-bond acceptors (Lipinski definition) is 3. The van der Waals surface area contributed by atoms with E-state index in [1.54, 1.807) is 6.20 Å². The van der Waals surface area contributed by atoms with Crippen LogP contribution in [0.3, 0.4) is 0 Å². The number of pyridine rings is 1. The van der Waals surface area contributed by atoms with Crippen molar-refractivity contribution in [2.75, 3.05) is 6.61 Å². The third-order valence-electron chi connectivity index (χ3n) is 3.41. The van der Waals surface area contributed by atoms with Crippen LogP contribution >= 0.6 is 11.6 Å². The molecule has 0 bridgehead atoms. The summed E-state index contributed by atoms with van der Waals surface area (Å²) in [5.74, 6) is 0.802. The number of para-hydroxylation sites is 1. The SMILES string of the molecule is CCOC1C(Cl)CC1Oc1cccc2cccnc12. The maximum absolute atomic E-state index is 6.15. The van der Waals surface area contributed by atoms with Crippen LogP contribution in [0.15, 0.2) is 36.5 Å². The highest BCUT2D eigenvalue weighted by Crippen LogP contribution is 2.34. The van der Waals surface area contributed by atoms with Crippen molar-refractivity contribution in [3.8, 4) is 5.75 Å². The van der Waals surface area contributed by atoms with Crippen molar-refractivity contribution in [2.24, 2.45) is 0 Å². The summed E-state index contributed by atoms with van der Waals surface area (Å²) in [4.78, 5) is 4.38. The lowest BCUT2D eigenvalue weighted by Crippen LogP contribution is -2.52. The van der Waals surface area contributed by atoms with E-state index in [1.807, 2.05) is 37.3 Å². The van der Waals surface area contributed by atoms with Gasteiger partial charge in [-0.05, 0) is 19.1 Å². The third kappa shape index (κ3) is 2.40. The fourth-order valence-corrected chi connectivity index (χ4v) is 2.79. The summed E-state index contributed by atoms with van der Waals surface area (Å²) in [6, 6.07) is 9.90. The summed E-state index contributed by atoms with van der Waals surface area (Å²) >= 11 is 6.15. The van der Waals surface area contributed by atoms with Gasteiger partial charge in [0.2, 0.25) is 0 Å². The molecule has 0 N–H and O–H groups in total. The topological polar surface area (TPSA) is 31.4 Å². The largest absolute Gasteiger partial charge is 0.485 e. The zero-order valence-corrected chi connectivity index (χ0v) is 11.5. The van der Waals surface area contributed by atoms with E-state index in [9.17, 15) is 0 Å². The summed E-state index contributed by atoms with van der Waals surface area (Å²) in [5.41, 5.74) is 0.887. The van der Waals surface area contributed by atoms with Crippen LogP contribution in [0.5, 0.6) is 5.75 Å². The highest BCUT2D eigenvalue weighted by molar-refractivity contribution is 6.21. The Labute approximate surface area is 117 Å². The Morgan fingerprint density at radius 3 is 2.95 bits per heavy atom. The van der Waals surface area contributed by atoms with Gasteiger partial charge in [0.1, 0.15) is 23.5 Å². The molecule has 0 amide bonds. The van der Waals surface area contributed by atoms with Crippen LogP contribution in [0.4, 0.5) is 0 Å². The number of halogens is 1. The van der Waals surface area contributed by atoms with Gasteiger partial charge in [0.25, 0.3) is 0 Å². The average molecular weight is 278 g/mol. The Hall–Kier alpha value is -1.32. The van der Waals surface area contributed by atoms with Crippen molar-refractivity contribution in [2.45, 2.75) is 30.9 Å². The molecule has 1 aliphatic rings. The Morgan fingerprint density at radius 2 is 2.16 bits per heavy atom. The molecule has 0 spiro atoms. The molecule has 2 aromatic rings. The molecular weight excluding hydrogens is 262 g/mol. The molecule has 3 unspecified atom stereocenters. The lowest BCUT2D eigenvalue weighted by atomic mass is 9.91. The van der Waals surface area contributed by atoms with Crippen LogP contribution < -0.4 is 4.74 Å². The van der Waals surface area contributed by atoms with Gasteiger partial charge in [-0.25, -0.2) is 0 Å². The normalized spacial score (nSPS) is 26.1. The van der Waals surface area contributed by atoms with Crippen molar-refractivity contribution in [1.82, 2.24) is 4.98 Å². The minimum atomic E-state index is -0.0226. The Balaban J connectivity index is 1.82. The van der Waals surface area contributed by atoms with Gasteiger partial charge in [0.05, 0.1) is 5.38 Å². The van der Waals surface area contributed by atoms with Gasteiger partial charge >= 0.3 is 0 Å². The van der Waals surface area contributed by atoms with E-state index in [1.165, 1.54) is 0 Å². The van der Waals surface area contributed by atoms with Gasteiger partial charge in [-0.15, -0.1) is 11.6 Å². The molecule has 0 aliphatic heterocycles. The zero-order valence-electron chi connectivity index (χ0n) is 10.8. The summed E-state index contributed by atoms with van der Waals surface area (Å²) in [6.07, 6.45) is 2.59. The van der Waals surface area contributed by atoms with Crippen molar-refractivity contribution in [3.05, 3.63) is 36.5 Å². The summed E-state index contributed by atoms with van der Waals surface area (Å²) < 4.78 is 11.6. The first-order valence-corrected chi connectivity index (χ1v) is 6.99. The number of ether oxygens (including phenoxy) is 2. The van der Waals surface area contributed by atoms with E-state index < -0.39 is 0 Å². The molecule has 3 nitrogen and oxygen atoms in total. The Morgan fingerprint density at radius 1 is 1.32 bits per heavy atom. The van der Waals surface area contributed by atoms with E-state index in [-0.39, 0.29) is 17.6 Å². The summed E-state index contributed by atoms with van der Waals surface area (Å²) in [5, 5.41) is 1.13. The number of rotatable bonds is 4. The van der Waals surface area contributed by atoms with Gasteiger partial charge in [-0.2, -0.15) is 0 Å². The van der Waals surface area contributed by atoms with E-state index in [2.05, 4.69) is 4.98 Å². The summed E-state index contributed by atoms with van der Waals surface area (Å²) in [7, 11) is 0. The van der Waals surface area contributed by atoms with E-state index >= 15 is 0 Å². The molecule has 0 saturated heterocycles. The lowest BCUT2D eigenvalue weighted by molar-refractivity contribution is -0.0755. The molecule has 19 heavy (non-hydrogen) atoms. The van der Waals surface area contributed by atoms with Crippen LogP contribution in [0.1, 0.15) is 13.3 Å². The molecule has 3 atom stereocenters. The van der Waals surface area contributed by atoms with Gasteiger partial charge in [-0.1, -0.05) is 18.2 Å². The highest BCUT2D eigenvalue weighted by Gasteiger charge is 2.42. The predicted molar refractivity (Wildman–Crippen MR) is 75.8 cm³/mol. The first kappa shape index (κ1) is 12.7. The van der Waals surface area contributed by atoms with Crippen LogP contribution in [0, 0.1) is 0 Å². The molecule has 100 valence electrons. The van der Waals surface area contributed by atoms with Gasteiger partial charge in [-0.3, -0.25) is 4.98 Å². The number of hydrogen-bond donors (Lipinski definition) is 0. The van der Waals surface area contributed by atoms with Gasteiger partial charge < -0.3 is 9.47 Å². The molecule has 0 radical (unpaired) electrons. The van der Waals surface area contributed by atoms with Crippen molar-refractivity contribution >= 4 is 22.5 Å². The van der Waals surface area contributed by atoms with Crippen molar-refractivity contribution < 1.29 is 9.47 Å². The predicted octanol–water partition coefficient (Wildman–Crippen LogP) is 3.40. The molecular formula is C15H16ClNO2. The standard InChI is InChI=1S/C15H16ClNO2/c1-2-18-15-11(16)9-13(15)19-12-7-3-5-10-6-4-8-17-14(10)12/h3-8,11,13,15H,2,9H2,1H3. The van der Waals surface area contributed by atoms with Crippen LogP contribution in [0.2, 0.25) is 0 Å². The van der Waals surface area contributed by atoms with Crippen molar-refractivity contribution in [3.63, 3.8) is 0 Å². The third-order valence-corrected chi connectivity index (χ3v) is 3.84. The zero-order chi connectivity index (χ0) is 13.2. The summed E-state index contributed by atoms with van der Waals surface area (Å²) in [6.45, 7) is 2.62. The minimum Gasteiger partial charge on any atom is -0.485 e. The smallest absolute Gasteiger partial charge is 0.146 e. The van der Waals surface area contributed by atoms with Gasteiger partial charge in [0, 0.05) is 24.6 Å². The van der Waals surface area contributed by atoms with Gasteiger partial charge in [0.15, 0.2) is 0 Å². The van der Waals surface area contributed by atoms with Crippen LogP contribution in [0.25, 0.3) is 10.9 Å². The van der Waals surface area contributed by atoms with E-state index in [4.69, 9.17) is 21.1 Å². The quantitative estimate of drug-likeness (QED) is 0.803. The molecule has 1 aliphatic carbocycles. The molecule has 1 heterocycles. The second kappa shape index (κ2) is 5.35. The van der Waals surface area contributed by atoms with Crippen LogP contribution in [-0.4, -0.2) is 29.2 Å². The molecule has 3 rings (SSSR count). The fraction of sp³-hybridized carbons (Fsp3) is 0.400. The first-order chi connectivity index (χ1) is 9.29. The number of alkyl halides is 1. The minimum absolute atomic E-state index is 0.0226. The molecule has 4 heteroatoms. The van der Waals surface area contributed by atoms with Crippen LogP contribution in [-0.2, 0) is 4.74 Å². The van der Waals surface area contributed by atoms with E-state index in [0.717, 1.165) is 23.1 Å². The lowest BCUT2D eigenvalue weighted by Gasteiger charge is -2.40. The number of aromatic nitrogens is 1. The molecule has 1 fully saturated rings. The number of fused-ring (bicyclic) bond motifs is 1.